The monoisotopic (exact) mass is 308 g/mol. The molecule has 0 atom stereocenters. The maximum atomic E-state index is 8.85. The molecule has 0 radical (unpaired) electrons. The van der Waals surface area contributed by atoms with Crippen LogP contribution in [0.15, 0.2) is 6.07 Å². The first-order chi connectivity index (χ1) is 10.2. The molecule has 0 spiro atoms. The number of fused-ring (bicyclic) bond motifs is 1. The smallest absolute Gasteiger partial charge is 0.226 e. The maximum Gasteiger partial charge on any atom is 0.226 e. The van der Waals surface area contributed by atoms with Crippen molar-refractivity contribution in [3.8, 4) is 0 Å². The summed E-state index contributed by atoms with van der Waals surface area (Å²) in [6.07, 6.45) is 2.97. The van der Waals surface area contributed by atoms with Gasteiger partial charge in [0.05, 0.1) is 5.39 Å². The molecule has 2 N–H and O–H groups in total. The van der Waals surface area contributed by atoms with E-state index in [-0.39, 0.29) is 6.61 Å². The lowest BCUT2D eigenvalue weighted by atomic mass is 10.2. The molecule has 2 rings (SSSR count). The highest BCUT2D eigenvalue weighted by molar-refractivity contribution is 7.18. The molecule has 2 aromatic rings. The molecule has 0 aliphatic heterocycles. The zero-order chi connectivity index (χ0) is 15.2. The summed E-state index contributed by atoms with van der Waals surface area (Å²) in [5.74, 6) is 1.69. The molecule has 0 saturated carbocycles. The fourth-order valence-corrected chi connectivity index (χ4v) is 3.17. The fraction of sp³-hybridized carbons (Fsp3) is 0.600. The number of nitrogens with zero attached hydrogens (tertiary/aromatic N) is 3. The number of anilines is 2. The average molecular weight is 308 g/mol. The minimum absolute atomic E-state index is 0.274. The van der Waals surface area contributed by atoms with Crippen molar-refractivity contribution in [1.29, 1.82) is 0 Å². The topological polar surface area (TPSA) is 61.3 Å². The van der Waals surface area contributed by atoms with Crippen LogP contribution in [-0.4, -0.2) is 41.8 Å². The number of aliphatic hydroxyl groups is 1. The van der Waals surface area contributed by atoms with Crippen LogP contribution >= 0.6 is 11.3 Å². The fourth-order valence-electron chi connectivity index (χ4n) is 2.30. The first-order valence-corrected chi connectivity index (χ1v) is 8.31. The molecule has 0 bridgehead atoms. The number of hydrogen-bond acceptors (Lipinski definition) is 6. The Kier molecular flexibility index (Phi) is 5.76. The molecular weight excluding hydrogens is 284 g/mol. The minimum Gasteiger partial charge on any atom is -0.396 e. The average Bonchev–Trinajstić information content (AvgIpc) is 2.83. The summed E-state index contributed by atoms with van der Waals surface area (Å²) in [5.41, 5.74) is 0. The highest BCUT2D eigenvalue weighted by Crippen LogP contribution is 2.31. The molecule has 2 heterocycles. The molecule has 0 saturated heterocycles. The van der Waals surface area contributed by atoms with Gasteiger partial charge in [0, 0.05) is 31.6 Å². The van der Waals surface area contributed by atoms with Crippen LogP contribution in [0.4, 0.5) is 11.8 Å². The van der Waals surface area contributed by atoms with E-state index in [9.17, 15) is 0 Å². The number of nitrogens with one attached hydrogen (secondary N) is 1. The Labute approximate surface area is 130 Å². The SMILES string of the molecule is CCNc1nc(N(C)CCCCCO)c2cc(C)sc2n1. The third-order valence-corrected chi connectivity index (χ3v) is 4.29. The second kappa shape index (κ2) is 7.56. The van der Waals surface area contributed by atoms with Crippen LogP contribution in [0.5, 0.6) is 0 Å². The highest BCUT2D eigenvalue weighted by atomic mass is 32.1. The second-order valence-electron chi connectivity index (χ2n) is 5.18. The zero-order valence-corrected chi connectivity index (χ0v) is 13.8. The third kappa shape index (κ3) is 4.04. The van der Waals surface area contributed by atoms with E-state index in [2.05, 4.69) is 40.2 Å². The molecule has 0 unspecified atom stereocenters. The van der Waals surface area contributed by atoms with E-state index in [4.69, 9.17) is 5.11 Å². The van der Waals surface area contributed by atoms with Crippen LogP contribution in [0.1, 0.15) is 31.1 Å². The summed E-state index contributed by atoms with van der Waals surface area (Å²) >= 11 is 1.70. The number of aromatic nitrogens is 2. The standard InChI is InChI=1S/C15H24N4OS/c1-4-16-15-17-13(19(3)8-6-5-7-9-20)12-10-11(2)21-14(12)18-15/h10,20H,4-9H2,1-3H3,(H,16,17,18). The largest absolute Gasteiger partial charge is 0.396 e. The van der Waals surface area contributed by atoms with Crippen molar-refractivity contribution in [2.75, 3.05) is 37.0 Å². The van der Waals surface area contributed by atoms with Crippen molar-refractivity contribution in [3.05, 3.63) is 10.9 Å². The number of unbranched alkanes of at least 4 members (excludes halogenated alkanes) is 2. The van der Waals surface area contributed by atoms with Crippen molar-refractivity contribution < 1.29 is 5.11 Å². The lowest BCUT2D eigenvalue weighted by Crippen LogP contribution is -2.20. The number of thiophene rings is 1. The van der Waals surface area contributed by atoms with Gasteiger partial charge in [0.15, 0.2) is 0 Å². The van der Waals surface area contributed by atoms with Crippen molar-refractivity contribution in [1.82, 2.24) is 9.97 Å². The first-order valence-electron chi connectivity index (χ1n) is 7.49. The third-order valence-electron chi connectivity index (χ3n) is 3.34. The van der Waals surface area contributed by atoms with E-state index in [0.29, 0.717) is 5.95 Å². The lowest BCUT2D eigenvalue weighted by molar-refractivity contribution is 0.283. The van der Waals surface area contributed by atoms with Crippen LogP contribution < -0.4 is 10.2 Å². The predicted octanol–water partition coefficient (Wildman–Crippen LogP) is 3.03. The van der Waals surface area contributed by atoms with Crippen LogP contribution in [0.3, 0.4) is 0 Å². The molecule has 0 aliphatic carbocycles. The van der Waals surface area contributed by atoms with E-state index >= 15 is 0 Å². The lowest BCUT2D eigenvalue weighted by Gasteiger charge is -2.19. The molecule has 116 valence electrons. The molecule has 0 amide bonds. The maximum absolute atomic E-state index is 8.85. The molecule has 0 aromatic carbocycles. The summed E-state index contributed by atoms with van der Waals surface area (Å²) in [7, 11) is 2.07. The van der Waals surface area contributed by atoms with Gasteiger partial charge in [0.2, 0.25) is 5.95 Å². The summed E-state index contributed by atoms with van der Waals surface area (Å²) in [4.78, 5) is 13.7. The Hall–Kier alpha value is -1.40. The molecule has 0 aliphatic rings. The van der Waals surface area contributed by atoms with E-state index < -0.39 is 0 Å². The van der Waals surface area contributed by atoms with Gasteiger partial charge in [0.25, 0.3) is 0 Å². The first kappa shape index (κ1) is 16.0. The van der Waals surface area contributed by atoms with Crippen molar-refractivity contribution in [3.63, 3.8) is 0 Å². The van der Waals surface area contributed by atoms with Crippen molar-refractivity contribution in [2.24, 2.45) is 0 Å². The van der Waals surface area contributed by atoms with Gasteiger partial charge in [-0.25, -0.2) is 4.98 Å². The van der Waals surface area contributed by atoms with Crippen LogP contribution in [0.2, 0.25) is 0 Å². The number of hydrogen-bond donors (Lipinski definition) is 2. The molecule has 21 heavy (non-hydrogen) atoms. The van der Waals surface area contributed by atoms with Gasteiger partial charge in [-0.15, -0.1) is 11.3 Å². The van der Waals surface area contributed by atoms with Crippen LogP contribution in [-0.2, 0) is 0 Å². The van der Waals surface area contributed by atoms with E-state index in [0.717, 1.165) is 48.4 Å². The molecular formula is C15H24N4OS. The summed E-state index contributed by atoms with van der Waals surface area (Å²) < 4.78 is 0. The number of aryl methyl sites for hydroxylation is 1. The Morgan fingerprint density at radius 1 is 1.29 bits per heavy atom. The Morgan fingerprint density at radius 2 is 2.10 bits per heavy atom. The van der Waals surface area contributed by atoms with Gasteiger partial charge in [-0.2, -0.15) is 4.98 Å². The summed E-state index contributed by atoms with van der Waals surface area (Å²) in [6, 6.07) is 2.16. The molecule has 5 nitrogen and oxygen atoms in total. The second-order valence-corrected chi connectivity index (χ2v) is 6.42. The van der Waals surface area contributed by atoms with Gasteiger partial charge in [0.1, 0.15) is 10.6 Å². The number of aliphatic hydroxyl groups excluding tert-OH is 1. The van der Waals surface area contributed by atoms with Gasteiger partial charge >= 0.3 is 0 Å². The van der Waals surface area contributed by atoms with Crippen LogP contribution in [0, 0.1) is 6.92 Å². The van der Waals surface area contributed by atoms with E-state index in [1.54, 1.807) is 11.3 Å². The predicted molar refractivity (Wildman–Crippen MR) is 90.5 cm³/mol. The molecule has 0 fully saturated rings. The zero-order valence-electron chi connectivity index (χ0n) is 13.0. The van der Waals surface area contributed by atoms with E-state index in [1.165, 1.54) is 4.88 Å². The molecule has 6 heteroatoms. The van der Waals surface area contributed by atoms with Gasteiger partial charge in [-0.05, 0) is 39.2 Å². The molecule has 2 aromatic heterocycles. The quantitative estimate of drug-likeness (QED) is 0.734. The summed E-state index contributed by atoms with van der Waals surface area (Å²) in [5, 5.41) is 13.2. The minimum atomic E-state index is 0.274. The normalized spacial score (nSPS) is 11.0. The Balaban J connectivity index is 2.22. The Bertz CT molecular complexity index is 584. The van der Waals surface area contributed by atoms with Crippen LogP contribution in [0.25, 0.3) is 10.2 Å². The van der Waals surface area contributed by atoms with Crippen molar-refractivity contribution in [2.45, 2.75) is 33.1 Å². The van der Waals surface area contributed by atoms with Crippen molar-refractivity contribution >= 4 is 33.3 Å². The summed E-state index contributed by atoms with van der Waals surface area (Å²) in [6.45, 7) is 6.17. The van der Waals surface area contributed by atoms with Gasteiger partial charge in [-0.3, -0.25) is 0 Å². The number of rotatable bonds is 8. The Morgan fingerprint density at radius 3 is 2.81 bits per heavy atom. The highest BCUT2D eigenvalue weighted by Gasteiger charge is 2.13. The van der Waals surface area contributed by atoms with E-state index in [1.807, 2.05) is 6.92 Å². The van der Waals surface area contributed by atoms with Gasteiger partial charge in [-0.1, -0.05) is 0 Å². The van der Waals surface area contributed by atoms with Gasteiger partial charge < -0.3 is 15.3 Å².